The van der Waals surface area contributed by atoms with E-state index in [-0.39, 0.29) is 6.04 Å². The predicted octanol–water partition coefficient (Wildman–Crippen LogP) is 4.60. The van der Waals surface area contributed by atoms with E-state index >= 15 is 0 Å². The van der Waals surface area contributed by atoms with Gasteiger partial charge in [-0.15, -0.1) is 0 Å². The molecule has 0 saturated carbocycles. The van der Waals surface area contributed by atoms with Gasteiger partial charge in [0.15, 0.2) is 5.96 Å². The number of nitrogens with zero attached hydrogens (tertiary/aromatic N) is 1. The van der Waals surface area contributed by atoms with Gasteiger partial charge < -0.3 is 16.0 Å². The molecule has 0 bridgehead atoms. The standard InChI is InChI=1S/C22H42N4/c1-10-21-20(19(9)24-17(7)11-14(2)3)13-23-22(26-21)25-18(8)12-16(6)15(4)5/h12,14-15,17-19,24H,10-11,13H2,1-9H3,(H2,23,25,26)/b16-12-/t17-,18?,19+/m0/s1. The molecule has 0 spiro atoms. The van der Waals surface area contributed by atoms with Crippen LogP contribution >= 0.6 is 0 Å². The van der Waals surface area contributed by atoms with E-state index in [2.05, 4.69) is 84.3 Å². The van der Waals surface area contributed by atoms with Crippen LogP contribution in [0.3, 0.4) is 0 Å². The van der Waals surface area contributed by atoms with E-state index in [9.17, 15) is 0 Å². The molecule has 4 nitrogen and oxygen atoms in total. The molecule has 0 aromatic rings. The Labute approximate surface area is 162 Å². The summed E-state index contributed by atoms with van der Waals surface area (Å²) in [5.41, 5.74) is 4.09. The van der Waals surface area contributed by atoms with Crippen molar-refractivity contribution in [2.45, 2.75) is 93.3 Å². The highest BCUT2D eigenvalue weighted by Crippen LogP contribution is 2.17. The molecule has 0 fully saturated rings. The smallest absolute Gasteiger partial charge is 0.196 e. The molecule has 0 amide bonds. The summed E-state index contributed by atoms with van der Waals surface area (Å²) in [5.74, 6) is 2.19. The van der Waals surface area contributed by atoms with Crippen molar-refractivity contribution in [3.8, 4) is 0 Å². The van der Waals surface area contributed by atoms with Gasteiger partial charge in [0.05, 0.1) is 6.54 Å². The van der Waals surface area contributed by atoms with Crippen LogP contribution in [0.25, 0.3) is 0 Å². The normalized spacial score (nSPS) is 19.3. The van der Waals surface area contributed by atoms with Crippen molar-refractivity contribution in [1.29, 1.82) is 0 Å². The number of allylic oxidation sites excluding steroid dienone is 2. The molecule has 4 heteroatoms. The number of hydrogen-bond donors (Lipinski definition) is 3. The maximum atomic E-state index is 4.76. The minimum atomic E-state index is 0.268. The lowest BCUT2D eigenvalue weighted by molar-refractivity contribution is 0.416. The first-order chi connectivity index (χ1) is 12.1. The second kappa shape index (κ2) is 10.8. The number of aliphatic imine (C=N–C) groups is 1. The minimum absolute atomic E-state index is 0.268. The lowest BCUT2D eigenvalue weighted by Gasteiger charge is -2.29. The zero-order valence-electron chi connectivity index (χ0n) is 18.5. The molecular weight excluding hydrogens is 320 g/mol. The summed E-state index contributed by atoms with van der Waals surface area (Å²) in [6, 6.07) is 1.13. The van der Waals surface area contributed by atoms with Gasteiger partial charge in [-0.25, -0.2) is 4.99 Å². The molecular formula is C22H42N4. The highest BCUT2D eigenvalue weighted by Gasteiger charge is 2.20. The maximum absolute atomic E-state index is 4.76. The summed E-state index contributed by atoms with van der Waals surface area (Å²) in [4.78, 5) is 4.76. The van der Waals surface area contributed by atoms with Gasteiger partial charge in [-0.2, -0.15) is 0 Å². The van der Waals surface area contributed by atoms with Crippen LogP contribution < -0.4 is 16.0 Å². The molecule has 1 rings (SSSR count). The molecule has 150 valence electrons. The van der Waals surface area contributed by atoms with Crippen LogP contribution in [0.1, 0.15) is 75.2 Å². The van der Waals surface area contributed by atoms with Crippen molar-refractivity contribution in [3.63, 3.8) is 0 Å². The maximum Gasteiger partial charge on any atom is 0.196 e. The molecule has 0 aromatic heterocycles. The summed E-state index contributed by atoms with van der Waals surface area (Å²) in [5, 5.41) is 10.8. The van der Waals surface area contributed by atoms with Gasteiger partial charge in [-0.3, -0.25) is 0 Å². The van der Waals surface area contributed by atoms with E-state index < -0.39 is 0 Å². The van der Waals surface area contributed by atoms with Crippen LogP contribution in [0.2, 0.25) is 0 Å². The number of guanidine groups is 1. The van der Waals surface area contributed by atoms with Gasteiger partial charge in [0.2, 0.25) is 0 Å². The van der Waals surface area contributed by atoms with Crippen LogP contribution in [-0.2, 0) is 0 Å². The molecule has 1 heterocycles. The van der Waals surface area contributed by atoms with E-state index in [4.69, 9.17) is 4.99 Å². The lowest BCUT2D eigenvalue weighted by atomic mass is 10.00. The van der Waals surface area contributed by atoms with Crippen LogP contribution in [0.15, 0.2) is 27.9 Å². The second-order valence-corrected chi connectivity index (χ2v) is 8.56. The molecule has 1 aliphatic heterocycles. The van der Waals surface area contributed by atoms with Gasteiger partial charge in [0.1, 0.15) is 0 Å². The van der Waals surface area contributed by atoms with E-state index in [0.717, 1.165) is 18.9 Å². The molecule has 1 aliphatic rings. The van der Waals surface area contributed by atoms with E-state index in [0.29, 0.717) is 23.9 Å². The van der Waals surface area contributed by atoms with Gasteiger partial charge in [0, 0.05) is 23.8 Å². The molecule has 0 radical (unpaired) electrons. The zero-order chi connectivity index (χ0) is 19.9. The Balaban J connectivity index is 2.70. The minimum Gasteiger partial charge on any atom is -0.350 e. The second-order valence-electron chi connectivity index (χ2n) is 8.56. The molecule has 1 unspecified atom stereocenters. The highest BCUT2D eigenvalue weighted by atomic mass is 15.2. The third-order valence-electron chi connectivity index (χ3n) is 5.09. The lowest BCUT2D eigenvalue weighted by Crippen LogP contribution is -2.46. The van der Waals surface area contributed by atoms with Crippen LogP contribution in [0.5, 0.6) is 0 Å². The van der Waals surface area contributed by atoms with Crippen LogP contribution in [0.4, 0.5) is 0 Å². The summed E-state index contributed by atoms with van der Waals surface area (Å²) < 4.78 is 0. The molecule has 0 aliphatic carbocycles. The Hall–Kier alpha value is -1.29. The molecule has 3 N–H and O–H groups in total. The Morgan fingerprint density at radius 3 is 2.35 bits per heavy atom. The zero-order valence-corrected chi connectivity index (χ0v) is 18.5. The first-order valence-corrected chi connectivity index (χ1v) is 10.4. The van der Waals surface area contributed by atoms with Gasteiger partial charge in [0.25, 0.3) is 0 Å². The monoisotopic (exact) mass is 362 g/mol. The van der Waals surface area contributed by atoms with Crippen molar-refractivity contribution in [1.82, 2.24) is 16.0 Å². The first kappa shape index (κ1) is 22.8. The van der Waals surface area contributed by atoms with Crippen molar-refractivity contribution >= 4 is 5.96 Å². The van der Waals surface area contributed by atoms with E-state index in [1.54, 1.807) is 0 Å². The highest BCUT2D eigenvalue weighted by molar-refractivity contribution is 5.83. The number of nitrogens with one attached hydrogen (secondary N) is 3. The van der Waals surface area contributed by atoms with E-state index in [1.807, 2.05) is 0 Å². The molecule has 3 atom stereocenters. The topological polar surface area (TPSA) is 48.5 Å². The van der Waals surface area contributed by atoms with Crippen molar-refractivity contribution in [3.05, 3.63) is 22.9 Å². The Kier molecular flexibility index (Phi) is 9.42. The average molecular weight is 363 g/mol. The molecule has 0 saturated heterocycles. The third-order valence-corrected chi connectivity index (χ3v) is 5.09. The summed E-state index contributed by atoms with van der Waals surface area (Å²) in [6.45, 7) is 20.9. The first-order valence-electron chi connectivity index (χ1n) is 10.4. The Morgan fingerprint density at radius 1 is 1.15 bits per heavy atom. The Morgan fingerprint density at radius 2 is 1.81 bits per heavy atom. The predicted molar refractivity (Wildman–Crippen MR) is 115 cm³/mol. The van der Waals surface area contributed by atoms with Crippen LogP contribution in [-0.4, -0.2) is 30.6 Å². The summed E-state index contributed by atoms with van der Waals surface area (Å²) in [6.07, 6.45) is 4.48. The fourth-order valence-corrected chi connectivity index (χ4v) is 3.46. The number of rotatable bonds is 9. The van der Waals surface area contributed by atoms with Gasteiger partial charge in [-0.1, -0.05) is 46.3 Å². The van der Waals surface area contributed by atoms with Crippen molar-refractivity contribution in [2.24, 2.45) is 16.8 Å². The van der Waals surface area contributed by atoms with Crippen LogP contribution in [0, 0.1) is 11.8 Å². The molecule has 26 heavy (non-hydrogen) atoms. The summed E-state index contributed by atoms with van der Waals surface area (Å²) in [7, 11) is 0. The number of hydrogen-bond acceptors (Lipinski definition) is 4. The molecule has 0 aromatic carbocycles. The quantitative estimate of drug-likeness (QED) is 0.525. The fraction of sp³-hybridized carbons (Fsp3) is 0.773. The van der Waals surface area contributed by atoms with Gasteiger partial charge in [-0.05, 0) is 57.9 Å². The average Bonchev–Trinajstić information content (AvgIpc) is 2.53. The largest absolute Gasteiger partial charge is 0.350 e. The SMILES string of the molecule is CCC1=C([C@@H](C)N[C@@H](C)CC(C)C)CN=C(NC(C)/C=C(/C)C(C)C)N1. The van der Waals surface area contributed by atoms with Crippen molar-refractivity contribution in [2.75, 3.05) is 6.54 Å². The third kappa shape index (κ3) is 7.53. The van der Waals surface area contributed by atoms with Crippen molar-refractivity contribution < 1.29 is 0 Å². The van der Waals surface area contributed by atoms with Gasteiger partial charge >= 0.3 is 0 Å². The fourth-order valence-electron chi connectivity index (χ4n) is 3.46. The summed E-state index contributed by atoms with van der Waals surface area (Å²) >= 11 is 0. The Bertz CT molecular complexity index is 528. The van der Waals surface area contributed by atoms with E-state index in [1.165, 1.54) is 23.3 Å².